The number of hydrogen-bond donors (Lipinski definition) is 1. The predicted octanol–water partition coefficient (Wildman–Crippen LogP) is 4.34. The molecule has 6 nitrogen and oxygen atoms in total. The van der Waals surface area contributed by atoms with Gasteiger partial charge in [-0.3, -0.25) is 9.59 Å². The number of nitrogens with one attached hydrogen (secondary N) is 1. The van der Waals surface area contributed by atoms with Gasteiger partial charge in [0.05, 0.1) is 13.2 Å². The lowest BCUT2D eigenvalue weighted by molar-refractivity contribution is -0.143. The van der Waals surface area contributed by atoms with E-state index < -0.39 is 5.97 Å². The van der Waals surface area contributed by atoms with E-state index in [1.165, 1.54) is 0 Å². The molecule has 7 heteroatoms. The van der Waals surface area contributed by atoms with Gasteiger partial charge in [-0.15, -0.1) is 0 Å². The van der Waals surface area contributed by atoms with Gasteiger partial charge in [0.2, 0.25) is 0 Å². The molecule has 0 bridgehead atoms. The molecule has 1 N–H and O–H groups in total. The molecule has 0 saturated carbocycles. The predicted molar refractivity (Wildman–Crippen MR) is 115 cm³/mol. The molecule has 0 aliphatic carbocycles. The summed E-state index contributed by atoms with van der Waals surface area (Å²) in [5, 5.41) is 2.58. The van der Waals surface area contributed by atoms with Crippen molar-refractivity contribution in [3.8, 4) is 11.5 Å². The number of carbonyl (C=O) groups excluding carboxylic acids is 2. The number of amides is 1. The maximum Gasteiger partial charge on any atom is 0.325 e. The monoisotopic (exact) mass is 463 g/mol. The normalized spacial score (nSPS) is 10.4. The zero-order chi connectivity index (χ0) is 21.4. The smallest absolute Gasteiger partial charge is 0.325 e. The van der Waals surface area contributed by atoms with Crippen molar-refractivity contribution >= 4 is 27.8 Å². The molecule has 0 fully saturated rings. The van der Waals surface area contributed by atoms with Crippen LogP contribution in [0.15, 0.2) is 34.8 Å². The van der Waals surface area contributed by atoms with Gasteiger partial charge in [0.25, 0.3) is 5.91 Å². The lowest BCUT2D eigenvalue weighted by Gasteiger charge is -2.14. The fourth-order valence-electron chi connectivity index (χ4n) is 2.57. The lowest BCUT2D eigenvalue weighted by atomic mass is 10.1. The SMILES string of the molecule is CCOc1cc(Br)c(COC(=O)CNC(=O)c2ccc(C)c(C)c2)cc1OCC. The van der Waals surface area contributed by atoms with Gasteiger partial charge in [-0.2, -0.15) is 0 Å². The summed E-state index contributed by atoms with van der Waals surface area (Å²) in [4.78, 5) is 24.3. The average molecular weight is 464 g/mol. The van der Waals surface area contributed by atoms with Crippen LogP contribution >= 0.6 is 15.9 Å². The first-order valence-corrected chi connectivity index (χ1v) is 10.2. The van der Waals surface area contributed by atoms with Crippen LogP contribution in [0.3, 0.4) is 0 Å². The van der Waals surface area contributed by atoms with E-state index in [0.29, 0.717) is 30.3 Å². The maximum atomic E-state index is 12.2. The number of halogens is 1. The van der Waals surface area contributed by atoms with Crippen LogP contribution in [-0.2, 0) is 16.1 Å². The molecule has 0 radical (unpaired) electrons. The zero-order valence-corrected chi connectivity index (χ0v) is 18.7. The molecule has 0 aromatic heterocycles. The molecular formula is C22H26BrNO5. The Bertz CT molecular complexity index is 882. The molecule has 2 aromatic carbocycles. The molecule has 0 atom stereocenters. The van der Waals surface area contributed by atoms with Crippen LogP contribution in [0.4, 0.5) is 0 Å². The largest absolute Gasteiger partial charge is 0.490 e. The number of rotatable bonds is 9. The van der Waals surface area contributed by atoms with E-state index in [0.717, 1.165) is 21.2 Å². The third-order valence-corrected chi connectivity index (χ3v) is 5.00. The fraction of sp³-hybridized carbons (Fsp3) is 0.364. The van der Waals surface area contributed by atoms with Crippen LogP contribution in [0, 0.1) is 13.8 Å². The van der Waals surface area contributed by atoms with Gasteiger partial charge >= 0.3 is 5.97 Å². The molecule has 2 rings (SSSR count). The van der Waals surface area contributed by atoms with Gasteiger partial charge in [-0.1, -0.05) is 22.0 Å². The van der Waals surface area contributed by atoms with Gasteiger partial charge in [-0.25, -0.2) is 0 Å². The second kappa shape index (κ2) is 10.9. The number of hydrogen-bond acceptors (Lipinski definition) is 5. The van der Waals surface area contributed by atoms with Crippen molar-refractivity contribution in [2.24, 2.45) is 0 Å². The van der Waals surface area contributed by atoms with E-state index in [1.54, 1.807) is 24.3 Å². The molecule has 156 valence electrons. The topological polar surface area (TPSA) is 73.9 Å². The second-order valence-corrected chi connectivity index (χ2v) is 7.25. The van der Waals surface area contributed by atoms with E-state index in [4.69, 9.17) is 14.2 Å². The Labute approximate surface area is 179 Å². The molecule has 0 spiro atoms. The number of carbonyl (C=O) groups is 2. The Kier molecular flexibility index (Phi) is 8.51. The van der Waals surface area contributed by atoms with Gasteiger partial charge in [0, 0.05) is 15.6 Å². The van der Waals surface area contributed by atoms with Crippen molar-refractivity contribution in [1.29, 1.82) is 0 Å². The molecule has 0 aliphatic heterocycles. The number of esters is 1. The number of ether oxygens (including phenoxy) is 3. The highest BCUT2D eigenvalue weighted by Gasteiger charge is 2.14. The summed E-state index contributed by atoms with van der Waals surface area (Å²) in [6, 6.07) is 8.97. The van der Waals surface area contributed by atoms with Crippen molar-refractivity contribution in [2.45, 2.75) is 34.3 Å². The van der Waals surface area contributed by atoms with Gasteiger partial charge in [0.15, 0.2) is 11.5 Å². The first-order valence-electron chi connectivity index (χ1n) is 9.44. The Morgan fingerprint density at radius 3 is 2.24 bits per heavy atom. The first-order chi connectivity index (χ1) is 13.8. The third-order valence-electron chi connectivity index (χ3n) is 4.26. The lowest BCUT2D eigenvalue weighted by Crippen LogP contribution is -2.30. The van der Waals surface area contributed by atoms with E-state index in [1.807, 2.05) is 33.8 Å². The van der Waals surface area contributed by atoms with Crippen LogP contribution in [0.2, 0.25) is 0 Å². The van der Waals surface area contributed by atoms with Crippen molar-refractivity contribution in [1.82, 2.24) is 5.32 Å². The van der Waals surface area contributed by atoms with Gasteiger partial charge in [-0.05, 0) is 63.1 Å². The molecule has 29 heavy (non-hydrogen) atoms. The summed E-state index contributed by atoms with van der Waals surface area (Å²) >= 11 is 3.46. The van der Waals surface area contributed by atoms with Crippen LogP contribution in [-0.4, -0.2) is 31.6 Å². The molecule has 0 saturated heterocycles. The van der Waals surface area contributed by atoms with Crippen molar-refractivity contribution < 1.29 is 23.8 Å². The Morgan fingerprint density at radius 1 is 0.966 bits per heavy atom. The molecular weight excluding hydrogens is 438 g/mol. The quantitative estimate of drug-likeness (QED) is 0.559. The van der Waals surface area contributed by atoms with E-state index in [9.17, 15) is 9.59 Å². The maximum absolute atomic E-state index is 12.2. The van der Waals surface area contributed by atoms with Crippen molar-refractivity contribution in [3.05, 3.63) is 57.1 Å². The van der Waals surface area contributed by atoms with E-state index >= 15 is 0 Å². The summed E-state index contributed by atoms with van der Waals surface area (Å²) in [5.74, 6) is 0.371. The number of aryl methyl sites for hydroxylation is 2. The first kappa shape index (κ1) is 22.7. The molecule has 0 unspecified atom stereocenters. The minimum Gasteiger partial charge on any atom is -0.490 e. The molecule has 0 aliphatic rings. The van der Waals surface area contributed by atoms with Crippen LogP contribution < -0.4 is 14.8 Å². The average Bonchev–Trinajstić information content (AvgIpc) is 2.69. The highest BCUT2D eigenvalue weighted by Crippen LogP contribution is 2.34. The number of benzene rings is 2. The van der Waals surface area contributed by atoms with Gasteiger partial charge in [0.1, 0.15) is 13.2 Å². The summed E-state index contributed by atoms with van der Waals surface area (Å²) in [6.45, 7) is 8.54. The molecule has 2 aromatic rings. The molecule has 0 heterocycles. The van der Waals surface area contributed by atoms with Crippen LogP contribution in [0.25, 0.3) is 0 Å². The van der Waals surface area contributed by atoms with Crippen LogP contribution in [0.1, 0.15) is 40.9 Å². The zero-order valence-electron chi connectivity index (χ0n) is 17.1. The Hall–Kier alpha value is -2.54. The highest BCUT2D eigenvalue weighted by atomic mass is 79.9. The molecule has 1 amide bonds. The summed E-state index contributed by atoms with van der Waals surface area (Å²) < 4.78 is 17.2. The van der Waals surface area contributed by atoms with Gasteiger partial charge < -0.3 is 19.5 Å². The van der Waals surface area contributed by atoms with E-state index in [2.05, 4.69) is 21.2 Å². The minimum absolute atomic E-state index is 0.0470. The summed E-state index contributed by atoms with van der Waals surface area (Å²) in [5.41, 5.74) is 3.38. The minimum atomic E-state index is -0.527. The summed E-state index contributed by atoms with van der Waals surface area (Å²) in [7, 11) is 0. The second-order valence-electron chi connectivity index (χ2n) is 6.40. The van der Waals surface area contributed by atoms with Crippen molar-refractivity contribution in [3.63, 3.8) is 0 Å². The van der Waals surface area contributed by atoms with E-state index in [-0.39, 0.29) is 19.1 Å². The standard InChI is InChI=1S/C22H26BrNO5/c1-5-27-19-10-17(18(23)11-20(19)28-6-2)13-29-21(25)12-24-22(26)16-8-7-14(3)15(4)9-16/h7-11H,5-6,12-13H2,1-4H3,(H,24,26). The van der Waals surface area contributed by atoms with Crippen molar-refractivity contribution in [2.75, 3.05) is 19.8 Å². The summed E-state index contributed by atoms with van der Waals surface area (Å²) in [6.07, 6.45) is 0. The Morgan fingerprint density at radius 2 is 1.62 bits per heavy atom. The fourth-order valence-corrected chi connectivity index (χ4v) is 3.01. The van der Waals surface area contributed by atoms with Crippen LogP contribution in [0.5, 0.6) is 11.5 Å². The third kappa shape index (κ3) is 6.49. The highest BCUT2D eigenvalue weighted by molar-refractivity contribution is 9.10. The Balaban J connectivity index is 1.93.